The third-order valence-electron chi connectivity index (χ3n) is 3.55. The summed E-state index contributed by atoms with van der Waals surface area (Å²) in [7, 11) is 0. The predicted molar refractivity (Wildman–Crippen MR) is 73.7 cm³/mol. The number of piperidine rings is 1. The maximum absolute atomic E-state index is 11.9. The van der Waals surface area contributed by atoms with Crippen LogP contribution in [0.1, 0.15) is 35.2 Å². The van der Waals surface area contributed by atoms with Crippen LogP contribution in [0.5, 0.6) is 0 Å². The molecule has 2 N–H and O–H groups in total. The first-order valence-corrected chi connectivity index (χ1v) is 6.81. The van der Waals surface area contributed by atoms with Crippen molar-refractivity contribution in [1.29, 1.82) is 0 Å². The summed E-state index contributed by atoms with van der Waals surface area (Å²) in [6.45, 7) is 5.05. The van der Waals surface area contributed by atoms with E-state index in [0.717, 1.165) is 37.5 Å². The third-order valence-corrected chi connectivity index (χ3v) is 3.55. The van der Waals surface area contributed by atoms with Crippen molar-refractivity contribution in [3.63, 3.8) is 0 Å². The minimum atomic E-state index is 0.0405. The molecule has 0 aromatic heterocycles. The molecule has 1 heterocycles. The monoisotopic (exact) mass is 246 g/mol. The summed E-state index contributed by atoms with van der Waals surface area (Å²) >= 11 is 0. The quantitative estimate of drug-likeness (QED) is 0.854. The average Bonchev–Trinajstić information content (AvgIpc) is 2.40. The molecule has 0 bridgehead atoms. The molecule has 1 unspecified atom stereocenters. The van der Waals surface area contributed by atoms with E-state index in [9.17, 15) is 4.79 Å². The summed E-state index contributed by atoms with van der Waals surface area (Å²) in [4.78, 5) is 11.9. The lowest BCUT2D eigenvalue weighted by atomic mass is 9.96. The maximum Gasteiger partial charge on any atom is 0.251 e. The highest BCUT2D eigenvalue weighted by atomic mass is 16.1. The first kappa shape index (κ1) is 13.1. The number of hydrogen-bond donors (Lipinski definition) is 2. The number of benzene rings is 1. The molecule has 98 valence electrons. The Labute approximate surface area is 109 Å². The van der Waals surface area contributed by atoms with Gasteiger partial charge in [0.2, 0.25) is 0 Å². The Bertz CT molecular complexity index is 380. The molecule has 0 aliphatic carbocycles. The fourth-order valence-electron chi connectivity index (χ4n) is 2.37. The highest BCUT2D eigenvalue weighted by Crippen LogP contribution is 2.13. The van der Waals surface area contributed by atoms with Crippen molar-refractivity contribution < 1.29 is 4.79 Å². The van der Waals surface area contributed by atoms with Crippen molar-refractivity contribution in [3.05, 3.63) is 35.4 Å². The Hall–Kier alpha value is -1.35. The summed E-state index contributed by atoms with van der Waals surface area (Å²) in [5, 5.41) is 6.40. The number of rotatable bonds is 4. The van der Waals surface area contributed by atoms with Gasteiger partial charge in [-0.3, -0.25) is 4.79 Å². The highest BCUT2D eigenvalue weighted by molar-refractivity contribution is 5.94. The number of carbonyl (C=O) groups is 1. The number of aryl methyl sites for hydroxylation is 1. The van der Waals surface area contributed by atoms with E-state index in [0.29, 0.717) is 0 Å². The van der Waals surface area contributed by atoms with Gasteiger partial charge in [-0.05, 0) is 57.3 Å². The molecule has 1 fully saturated rings. The van der Waals surface area contributed by atoms with Crippen LogP contribution < -0.4 is 10.6 Å². The van der Waals surface area contributed by atoms with Gasteiger partial charge in [-0.2, -0.15) is 0 Å². The minimum absolute atomic E-state index is 0.0405. The smallest absolute Gasteiger partial charge is 0.251 e. The van der Waals surface area contributed by atoms with E-state index in [4.69, 9.17) is 0 Å². The molecule has 1 atom stereocenters. The molecule has 1 saturated heterocycles. The number of carbonyl (C=O) groups excluding carboxylic acids is 1. The van der Waals surface area contributed by atoms with Crippen LogP contribution in [0, 0.1) is 12.8 Å². The first-order valence-electron chi connectivity index (χ1n) is 6.81. The van der Waals surface area contributed by atoms with Crippen molar-refractivity contribution in [1.82, 2.24) is 10.6 Å². The van der Waals surface area contributed by atoms with E-state index in [1.165, 1.54) is 18.4 Å². The topological polar surface area (TPSA) is 41.1 Å². The Morgan fingerprint density at radius 3 is 2.83 bits per heavy atom. The van der Waals surface area contributed by atoms with Crippen LogP contribution in [0.3, 0.4) is 0 Å². The van der Waals surface area contributed by atoms with Gasteiger partial charge in [0.1, 0.15) is 0 Å². The van der Waals surface area contributed by atoms with Crippen molar-refractivity contribution in [3.8, 4) is 0 Å². The van der Waals surface area contributed by atoms with Crippen LogP contribution in [0.2, 0.25) is 0 Å². The second-order valence-electron chi connectivity index (χ2n) is 5.12. The maximum atomic E-state index is 11.9. The fourth-order valence-corrected chi connectivity index (χ4v) is 2.37. The second-order valence-corrected chi connectivity index (χ2v) is 5.12. The van der Waals surface area contributed by atoms with Crippen LogP contribution >= 0.6 is 0 Å². The SMILES string of the molecule is Cc1ccc(C(=O)NCCC2CCCNC2)cc1. The van der Waals surface area contributed by atoms with E-state index in [2.05, 4.69) is 10.6 Å². The van der Waals surface area contributed by atoms with Gasteiger partial charge in [0.15, 0.2) is 0 Å². The summed E-state index contributed by atoms with van der Waals surface area (Å²) in [6, 6.07) is 7.71. The summed E-state index contributed by atoms with van der Waals surface area (Å²) in [6.07, 6.45) is 3.62. The van der Waals surface area contributed by atoms with Gasteiger partial charge in [-0.1, -0.05) is 17.7 Å². The van der Waals surface area contributed by atoms with Gasteiger partial charge in [-0.15, -0.1) is 0 Å². The predicted octanol–water partition coefficient (Wildman–Crippen LogP) is 2.11. The molecule has 2 rings (SSSR count). The molecule has 1 aromatic carbocycles. The van der Waals surface area contributed by atoms with Crippen molar-refractivity contribution in [2.45, 2.75) is 26.2 Å². The Balaban J connectivity index is 1.72. The zero-order chi connectivity index (χ0) is 12.8. The minimum Gasteiger partial charge on any atom is -0.352 e. The van der Waals surface area contributed by atoms with Crippen LogP contribution in [-0.4, -0.2) is 25.5 Å². The van der Waals surface area contributed by atoms with Gasteiger partial charge >= 0.3 is 0 Å². The molecule has 3 heteroatoms. The number of nitrogens with one attached hydrogen (secondary N) is 2. The lowest BCUT2D eigenvalue weighted by Gasteiger charge is -2.22. The lowest BCUT2D eigenvalue weighted by Crippen LogP contribution is -2.33. The molecule has 1 aliphatic rings. The van der Waals surface area contributed by atoms with E-state index in [1.54, 1.807) is 0 Å². The summed E-state index contributed by atoms with van der Waals surface area (Å²) in [5.74, 6) is 0.760. The molecule has 1 aromatic rings. The number of amides is 1. The van der Waals surface area contributed by atoms with E-state index < -0.39 is 0 Å². The molecule has 3 nitrogen and oxygen atoms in total. The largest absolute Gasteiger partial charge is 0.352 e. The van der Waals surface area contributed by atoms with Gasteiger partial charge in [-0.25, -0.2) is 0 Å². The average molecular weight is 246 g/mol. The Morgan fingerprint density at radius 2 is 2.17 bits per heavy atom. The van der Waals surface area contributed by atoms with Gasteiger partial charge in [0, 0.05) is 12.1 Å². The fraction of sp³-hybridized carbons (Fsp3) is 0.533. The van der Waals surface area contributed by atoms with Gasteiger partial charge in [0.25, 0.3) is 5.91 Å². The zero-order valence-corrected chi connectivity index (χ0v) is 11.0. The first-order chi connectivity index (χ1) is 8.75. The van der Waals surface area contributed by atoms with E-state index in [1.807, 2.05) is 31.2 Å². The van der Waals surface area contributed by atoms with Crippen molar-refractivity contribution in [2.75, 3.05) is 19.6 Å². The molecular weight excluding hydrogens is 224 g/mol. The third kappa shape index (κ3) is 3.84. The Kier molecular flexibility index (Phi) is 4.76. The van der Waals surface area contributed by atoms with Crippen LogP contribution in [0.15, 0.2) is 24.3 Å². The second kappa shape index (κ2) is 6.55. The van der Waals surface area contributed by atoms with Crippen LogP contribution in [0.25, 0.3) is 0 Å². The molecule has 1 amide bonds. The van der Waals surface area contributed by atoms with Crippen LogP contribution in [-0.2, 0) is 0 Å². The van der Waals surface area contributed by atoms with Gasteiger partial charge in [0.05, 0.1) is 0 Å². The molecule has 0 spiro atoms. The molecule has 0 saturated carbocycles. The van der Waals surface area contributed by atoms with Crippen molar-refractivity contribution >= 4 is 5.91 Å². The highest BCUT2D eigenvalue weighted by Gasteiger charge is 2.13. The molecule has 1 aliphatic heterocycles. The van der Waals surface area contributed by atoms with Gasteiger partial charge < -0.3 is 10.6 Å². The standard InChI is InChI=1S/C15H22N2O/c1-12-4-6-14(7-5-12)15(18)17-10-8-13-3-2-9-16-11-13/h4-7,13,16H,2-3,8-11H2,1H3,(H,17,18). The summed E-state index contributed by atoms with van der Waals surface area (Å²) < 4.78 is 0. The van der Waals surface area contributed by atoms with Crippen LogP contribution in [0.4, 0.5) is 0 Å². The van der Waals surface area contributed by atoms with E-state index >= 15 is 0 Å². The number of hydrogen-bond acceptors (Lipinski definition) is 2. The lowest BCUT2D eigenvalue weighted by molar-refractivity contribution is 0.0950. The van der Waals surface area contributed by atoms with Crippen molar-refractivity contribution in [2.24, 2.45) is 5.92 Å². The molecule has 18 heavy (non-hydrogen) atoms. The molecule has 0 radical (unpaired) electrons. The zero-order valence-electron chi connectivity index (χ0n) is 11.0. The normalized spacial score (nSPS) is 19.5. The Morgan fingerprint density at radius 1 is 1.39 bits per heavy atom. The van der Waals surface area contributed by atoms with E-state index in [-0.39, 0.29) is 5.91 Å². The molecular formula is C15H22N2O. The summed E-state index contributed by atoms with van der Waals surface area (Å²) in [5.41, 5.74) is 1.93.